The van der Waals surface area contributed by atoms with Gasteiger partial charge in [0.05, 0.1) is 12.0 Å². The summed E-state index contributed by atoms with van der Waals surface area (Å²) in [4.78, 5) is 13.9. The summed E-state index contributed by atoms with van der Waals surface area (Å²) in [5.74, 6) is 5.37. The number of amides is 1. The third-order valence-corrected chi connectivity index (χ3v) is 6.44. The first-order chi connectivity index (χ1) is 13.0. The number of sulfonamides is 1. The first-order valence-electron chi connectivity index (χ1n) is 8.46. The van der Waals surface area contributed by atoms with Gasteiger partial charge in [0.1, 0.15) is 5.75 Å². The van der Waals surface area contributed by atoms with Crippen LogP contribution in [0.4, 0.5) is 5.69 Å². The molecule has 2 aromatic carbocycles. The van der Waals surface area contributed by atoms with Crippen LogP contribution < -0.4 is 20.9 Å². The van der Waals surface area contributed by atoms with Gasteiger partial charge >= 0.3 is 0 Å². The molecule has 1 heterocycles. The molecular weight excluding hydrogens is 368 g/mol. The Hall–Kier alpha value is -2.62. The summed E-state index contributed by atoms with van der Waals surface area (Å²) in [6.07, 6.45) is 0. The van der Waals surface area contributed by atoms with Crippen LogP contribution in [0.5, 0.6) is 5.75 Å². The number of nitrogen functional groups attached to an aromatic ring is 1. The average Bonchev–Trinajstić information content (AvgIpc) is 2.73. The molecule has 8 nitrogen and oxygen atoms in total. The van der Waals surface area contributed by atoms with E-state index in [0.717, 1.165) is 11.4 Å². The average molecular weight is 390 g/mol. The molecule has 0 bridgehead atoms. The Morgan fingerprint density at radius 1 is 1.07 bits per heavy atom. The second-order valence-electron chi connectivity index (χ2n) is 6.09. The van der Waals surface area contributed by atoms with Gasteiger partial charge in [-0.15, -0.1) is 0 Å². The Morgan fingerprint density at radius 3 is 2.33 bits per heavy atom. The molecule has 1 aliphatic rings. The summed E-state index contributed by atoms with van der Waals surface area (Å²) in [5, 5.41) is 0. The lowest BCUT2D eigenvalue weighted by Gasteiger charge is -2.35. The molecule has 1 saturated heterocycles. The van der Waals surface area contributed by atoms with Crippen molar-refractivity contribution in [2.45, 2.75) is 4.90 Å². The van der Waals surface area contributed by atoms with Gasteiger partial charge in [0.2, 0.25) is 10.0 Å². The maximum Gasteiger partial charge on any atom is 0.265 e. The molecule has 0 saturated carbocycles. The fourth-order valence-corrected chi connectivity index (χ4v) is 4.48. The number of benzene rings is 2. The van der Waals surface area contributed by atoms with E-state index in [1.165, 1.54) is 28.6 Å². The number of hydrogen-bond acceptors (Lipinski definition) is 6. The van der Waals surface area contributed by atoms with Crippen LogP contribution in [0.3, 0.4) is 0 Å². The molecule has 1 fully saturated rings. The number of carbonyl (C=O) groups excluding carboxylic acids is 1. The fourth-order valence-electron chi connectivity index (χ4n) is 3.01. The van der Waals surface area contributed by atoms with E-state index < -0.39 is 15.9 Å². The van der Waals surface area contributed by atoms with Crippen LogP contribution in [0.25, 0.3) is 0 Å². The summed E-state index contributed by atoms with van der Waals surface area (Å²) in [6.45, 7) is 1.88. The monoisotopic (exact) mass is 390 g/mol. The van der Waals surface area contributed by atoms with Gasteiger partial charge in [0.15, 0.2) is 0 Å². The van der Waals surface area contributed by atoms with Crippen LogP contribution in [0, 0.1) is 0 Å². The summed E-state index contributed by atoms with van der Waals surface area (Å²) >= 11 is 0. The Kier molecular flexibility index (Phi) is 5.64. The summed E-state index contributed by atoms with van der Waals surface area (Å²) in [6, 6.07) is 13.6. The minimum absolute atomic E-state index is 0.0847. The number of nitrogens with zero attached hydrogens (tertiary/aromatic N) is 2. The van der Waals surface area contributed by atoms with Crippen molar-refractivity contribution in [3.8, 4) is 5.75 Å². The van der Waals surface area contributed by atoms with Gasteiger partial charge in [-0.25, -0.2) is 14.3 Å². The molecule has 0 aliphatic carbocycles. The standard InChI is InChI=1S/C18H22N4O4S/c1-26-16-7-5-15(6-8-16)21-9-11-22(12-10-21)27(24,25)17-4-2-3-14(13-17)18(23)20-19/h2-8,13H,9-12,19H2,1H3,(H,20,23). The van der Waals surface area contributed by atoms with Gasteiger partial charge in [-0.05, 0) is 42.5 Å². The zero-order valence-corrected chi connectivity index (χ0v) is 15.8. The van der Waals surface area contributed by atoms with E-state index in [1.54, 1.807) is 7.11 Å². The third kappa shape index (κ3) is 4.05. The zero-order chi connectivity index (χ0) is 19.4. The molecule has 0 atom stereocenters. The molecule has 1 amide bonds. The number of hydrogen-bond donors (Lipinski definition) is 2. The van der Waals surface area contributed by atoms with Crippen molar-refractivity contribution in [2.75, 3.05) is 38.2 Å². The molecule has 0 aromatic heterocycles. The topological polar surface area (TPSA) is 105 Å². The second-order valence-corrected chi connectivity index (χ2v) is 8.03. The van der Waals surface area contributed by atoms with Gasteiger partial charge in [-0.3, -0.25) is 10.2 Å². The number of nitrogens with two attached hydrogens (primary N) is 1. The molecular formula is C18H22N4O4S. The number of methoxy groups -OCH3 is 1. The Bertz CT molecular complexity index is 907. The number of nitrogens with one attached hydrogen (secondary N) is 1. The number of carbonyl (C=O) groups is 1. The number of piperazine rings is 1. The van der Waals surface area contributed by atoms with Crippen molar-refractivity contribution >= 4 is 21.6 Å². The van der Waals surface area contributed by atoms with Crippen molar-refractivity contribution in [3.05, 3.63) is 54.1 Å². The van der Waals surface area contributed by atoms with E-state index in [4.69, 9.17) is 10.6 Å². The summed E-state index contributed by atoms with van der Waals surface area (Å²) < 4.78 is 32.4. The van der Waals surface area contributed by atoms with E-state index in [2.05, 4.69) is 4.90 Å². The van der Waals surface area contributed by atoms with Crippen molar-refractivity contribution in [3.63, 3.8) is 0 Å². The van der Waals surface area contributed by atoms with Crippen LogP contribution in [-0.2, 0) is 10.0 Å². The van der Waals surface area contributed by atoms with Crippen LogP contribution >= 0.6 is 0 Å². The molecule has 27 heavy (non-hydrogen) atoms. The van der Waals surface area contributed by atoms with Gasteiger partial charge in [-0.2, -0.15) is 4.31 Å². The number of rotatable bonds is 5. The molecule has 0 spiro atoms. The van der Waals surface area contributed by atoms with Crippen molar-refractivity contribution in [1.82, 2.24) is 9.73 Å². The molecule has 144 valence electrons. The fraction of sp³-hybridized carbons (Fsp3) is 0.278. The lowest BCUT2D eigenvalue weighted by Crippen LogP contribution is -2.48. The highest BCUT2D eigenvalue weighted by atomic mass is 32.2. The predicted molar refractivity (Wildman–Crippen MR) is 102 cm³/mol. The zero-order valence-electron chi connectivity index (χ0n) is 15.0. The predicted octanol–water partition coefficient (Wildman–Crippen LogP) is 0.810. The van der Waals surface area contributed by atoms with Gasteiger partial charge in [0, 0.05) is 37.4 Å². The third-order valence-electron chi connectivity index (χ3n) is 4.54. The SMILES string of the molecule is COc1ccc(N2CCN(S(=O)(=O)c3cccc(C(=O)NN)c3)CC2)cc1. The molecule has 2 aromatic rings. The minimum Gasteiger partial charge on any atom is -0.497 e. The lowest BCUT2D eigenvalue weighted by atomic mass is 10.2. The Morgan fingerprint density at radius 2 is 1.74 bits per heavy atom. The molecule has 9 heteroatoms. The molecule has 3 rings (SSSR count). The van der Waals surface area contributed by atoms with E-state index in [9.17, 15) is 13.2 Å². The Balaban J connectivity index is 1.72. The van der Waals surface area contributed by atoms with E-state index in [1.807, 2.05) is 29.7 Å². The van der Waals surface area contributed by atoms with Gasteiger partial charge in [0.25, 0.3) is 5.91 Å². The highest BCUT2D eigenvalue weighted by Crippen LogP contribution is 2.23. The number of ether oxygens (including phenoxy) is 1. The molecule has 0 radical (unpaired) electrons. The highest BCUT2D eigenvalue weighted by molar-refractivity contribution is 7.89. The quantitative estimate of drug-likeness (QED) is 0.445. The van der Waals surface area contributed by atoms with Crippen LogP contribution in [0.15, 0.2) is 53.4 Å². The first kappa shape index (κ1) is 19.2. The van der Waals surface area contributed by atoms with Gasteiger partial charge < -0.3 is 9.64 Å². The smallest absolute Gasteiger partial charge is 0.265 e. The van der Waals surface area contributed by atoms with E-state index in [0.29, 0.717) is 26.2 Å². The van der Waals surface area contributed by atoms with Crippen LogP contribution in [-0.4, -0.2) is 51.9 Å². The lowest BCUT2D eigenvalue weighted by molar-refractivity contribution is 0.0953. The summed E-state index contributed by atoms with van der Waals surface area (Å²) in [5.41, 5.74) is 3.24. The molecule has 3 N–H and O–H groups in total. The van der Waals surface area contributed by atoms with Crippen molar-refractivity contribution in [1.29, 1.82) is 0 Å². The van der Waals surface area contributed by atoms with Gasteiger partial charge in [-0.1, -0.05) is 6.07 Å². The molecule has 0 unspecified atom stereocenters. The maximum atomic E-state index is 12.9. The summed E-state index contributed by atoms with van der Waals surface area (Å²) in [7, 11) is -2.06. The van der Waals surface area contributed by atoms with E-state index >= 15 is 0 Å². The van der Waals surface area contributed by atoms with E-state index in [-0.39, 0.29) is 10.5 Å². The number of anilines is 1. The highest BCUT2D eigenvalue weighted by Gasteiger charge is 2.29. The second kappa shape index (κ2) is 7.95. The van der Waals surface area contributed by atoms with Crippen LogP contribution in [0.2, 0.25) is 0 Å². The van der Waals surface area contributed by atoms with Crippen LogP contribution in [0.1, 0.15) is 10.4 Å². The Labute approximate surface area is 158 Å². The maximum absolute atomic E-state index is 12.9. The molecule has 1 aliphatic heterocycles. The first-order valence-corrected chi connectivity index (χ1v) is 9.90. The minimum atomic E-state index is -3.68. The number of hydrazine groups is 1. The largest absolute Gasteiger partial charge is 0.497 e. The van der Waals surface area contributed by atoms with Crippen molar-refractivity contribution < 1.29 is 17.9 Å². The van der Waals surface area contributed by atoms with Crippen molar-refractivity contribution in [2.24, 2.45) is 5.84 Å². The normalized spacial score (nSPS) is 15.4.